The normalized spacial score (nSPS) is 16.2. The fourth-order valence-electron chi connectivity index (χ4n) is 2.56. The van der Waals surface area contributed by atoms with Crippen LogP contribution >= 0.6 is 0 Å². The van der Waals surface area contributed by atoms with Gasteiger partial charge in [0, 0.05) is 18.8 Å². The first kappa shape index (κ1) is 12.2. The molecule has 1 heterocycles. The third-order valence-corrected chi connectivity index (χ3v) is 3.64. The minimum Gasteiger partial charge on any atom is -0.319 e. The van der Waals surface area contributed by atoms with Crippen molar-refractivity contribution in [2.24, 2.45) is 0 Å². The van der Waals surface area contributed by atoms with Gasteiger partial charge < -0.3 is 5.43 Å². The number of piperidine rings is 1. The van der Waals surface area contributed by atoms with E-state index in [2.05, 4.69) is 65.0 Å². The van der Waals surface area contributed by atoms with Crippen LogP contribution < -0.4 is 5.43 Å². The number of hydrogen-bond donors (Lipinski definition) is 1. The fraction of sp³-hybridized carbons (Fsp3) is 0.294. The Bertz CT molecular complexity index is 499. The Morgan fingerprint density at radius 2 is 1.32 bits per heavy atom. The van der Waals surface area contributed by atoms with E-state index in [0.29, 0.717) is 0 Å². The highest BCUT2D eigenvalue weighted by Crippen LogP contribution is 2.21. The molecule has 2 heteroatoms. The Morgan fingerprint density at radius 1 is 0.684 bits per heavy atom. The molecule has 2 nitrogen and oxygen atoms in total. The first-order valence-corrected chi connectivity index (χ1v) is 7.09. The first-order chi connectivity index (χ1) is 9.42. The molecule has 2 aromatic rings. The molecule has 0 atom stereocenters. The lowest BCUT2D eigenvalue weighted by Crippen LogP contribution is -2.34. The average molecular weight is 252 g/mol. The number of benzene rings is 2. The molecule has 0 unspecified atom stereocenters. The van der Waals surface area contributed by atoms with E-state index < -0.39 is 0 Å². The molecule has 1 saturated heterocycles. The number of anilines is 1. The summed E-state index contributed by atoms with van der Waals surface area (Å²) in [7, 11) is 0. The van der Waals surface area contributed by atoms with Gasteiger partial charge in [-0.15, -0.1) is 0 Å². The summed E-state index contributed by atoms with van der Waals surface area (Å²) in [6.07, 6.45) is 3.97. The summed E-state index contributed by atoms with van der Waals surface area (Å²) in [5, 5.41) is 2.32. The second kappa shape index (κ2) is 5.89. The second-order valence-corrected chi connectivity index (χ2v) is 5.10. The van der Waals surface area contributed by atoms with Crippen LogP contribution in [0.1, 0.15) is 19.3 Å². The molecule has 19 heavy (non-hydrogen) atoms. The molecule has 98 valence electrons. The largest absolute Gasteiger partial charge is 0.319 e. The minimum atomic E-state index is 1.15. The summed E-state index contributed by atoms with van der Waals surface area (Å²) in [5.41, 5.74) is 7.21. The molecule has 0 radical (unpaired) electrons. The van der Waals surface area contributed by atoms with Crippen LogP contribution in [0.2, 0.25) is 0 Å². The van der Waals surface area contributed by atoms with Crippen molar-refractivity contribution in [3.63, 3.8) is 0 Å². The molecule has 0 saturated carbocycles. The van der Waals surface area contributed by atoms with Gasteiger partial charge in [0.25, 0.3) is 0 Å². The Morgan fingerprint density at radius 3 is 2.00 bits per heavy atom. The van der Waals surface area contributed by atoms with Gasteiger partial charge in [0.1, 0.15) is 0 Å². The number of hydrazine groups is 1. The maximum Gasteiger partial charge on any atom is 0.0490 e. The molecule has 2 aromatic carbocycles. The van der Waals surface area contributed by atoms with Crippen LogP contribution in [-0.4, -0.2) is 18.1 Å². The van der Waals surface area contributed by atoms with Gasteiger partial charge in [-0.2, -0.15) is 0 Å². The van der Waals surface area contributed by atoms with Gasteiger partial charge in [-0.3, -0.25) is 0 Å². The van der Waals surface area contributed by atoms with E-state index in [1.807, 2.05) is 0 Å². The molecule has 0 aromatic heterocycles. The zero-order valence-electron chi connectivity index (χ0n) is 11.2. The van der Waals surface area contributed by atoms with Crippen molar-refractivity contribution in [3.8, 4) is 11.1 Å². The van der Waals surface area contributed by atoms with Crippen molar-refractivity contribution >= 4 is 5.69 Å². The van der Waals surface area contributed by atoms with E-state index in [1.165, 1.54) is 36.1 Å². The highest BCUT2D eigenvalue weighted by Gasteiger charge is 2.09. The first-order valence-electron chi connectivity index (χ1n) is 7.09. The Labute approximate surface area is 115 Å². The van der Waals surface area contributed by atoms with E-state index in [1.54, 1.807) is 0 Å². The van der Waals surface area contributed by atoms with Gasteiger partial charge in [-0.05, 0) is 36.1 Å². The second-order valence-electron chi connectivity index (χ2n) is 5.10. The van der Waals surface area contributed by atoms with Crippen molar-refractivity contribution in [1.29, 1.82) is 0 Å². The van der Waals surface area contributed by atoms with E-state index in [9.17, 15) is 0 Å². The number of nitrogens with one attached hydrogen (secondary N) is 1. The quantitative estimate of drug-likeness (QED) is 0.882. The Kier molecular flexibility index (Phi) is 3.80. The van der Waals surface area contributed by atoms with Crippen molar-refractivity contribution < 1.29 is 0 Å². The average Bonchev–Trinajstić information content (AvgIpc) is 2.50. The lowest BCUT2D eigenvalue weighted by atomic mass is 10.1. The molecule has 1 aliphatic rings. The van der Waals surface area contributed by atoms with Crippen molar-refractivity contribution in [3.05, 3.63) is 54.6 Å². The zero-order chi connectivity index (χ0) is 12.9. The van der Waals surface area contributed by atoms with Gasteiger partial charge in [0.05, 0.1) is 0 Å². The van der Waals surface area contributed by atoms with Gasteiger partial charge in [0.2, 0.25) is 0 Å². The van der Waals surface area contributed by atoms with Crippen LogP contribution in [0.5, 0.6) is 0 Å². The summed E-state index contributed by atoms with van der Waals surface area (Å²) < 4.78 is 0. The van der Waals surface area contributed by atoms with E-state index in [0.717, 1.165) is 13.1 Å². The number of rotatable bonds is 3. The van der Waals surface area contributed by atoms with E-state index in [-0.39, 0.29) is 0 Å². The van der Waals surface area contributed by atoms with Gasteiger partial charge in [-0.25, -0.2) is 5.01 Å². The molecule has 0 spiro atoms. The summed E-state index contributed by atoms with van der Waals surface area (Å²) in [5.74, 6) is 0. The predicted molar refractivity (Wildman–Crippen MR) is 80.9 cm³/mol. The molecular formula is C17H20N2. The van der Waals surface area contributed by atoms with Crippen LogP contribution in [0.15, 0.2) is 54.6 Å². The highest BCUT2D eigenvalue weighted by molar-refractivity contribution is 5.65. The third kappa shape index (κ3) is 3.15. The molecule has 3 rings (SSSR count). The van der Waals surface area contributed by atoms with Crippen LogP contribution in [0.4, 0.5) is 5.69 Å². The van der Waals surface area contributed by atoms with Gasteiger partial charge in [-0.1, -0.05) is 48.9 Å². The standard InChI is InChI=1S/C17H20N2/c1-3-7-15(8-4-1)16-9-11-17(12-10-16)18-19-13-5-2-6-14-19/h1,3-4,7-12,18H,2,5-6,13-14H2. The molecule has 0 amide bonds. The zero-order valence-corrected chi connectivity index (χ0v) is 11.2. The van der Waals surface area contributed by atoms with E-state index in [4.69, 9.17) is 0 Å². The SMILES string of the molecule is c1ccc(-c2ccc(NN3CCCCC3)cc2)cc1. The minimum absolute atomic E-state index is 1.15. The third-order valence-electron chi connectivity index (χ3n) is 3.64. The predicted octanol–water partition coefficient (Wildman–Crippen LogP) is 4.17. The molecule has 0 aliphatic carbocycles. The van der Waals surface area contributed by atoms with Crippen molar-refractivity contribution in [2.75, 3.05) is 18.5 Å². The summed E-state index contributed by atoms with van der Waals surface area (Å²) in [6, 6.07) is 19.2. The topological polar surface area (TPSA) is 15.3 Å². The molecule has 0 bridgehead atoms. The molecule has 1 N–H and O–H groups in total. The maximum absolute atomic E-state index is 3.49. The lowest BCUT2D eigenvalue weighted by Gasteiger charge is -2.27. The Balaban J connectivity index is 1.68. The molecule has 1 aliphatic heterocycles. The molecule has 1 fully saturated rings. The fourth-order valence-corrected chi connectivity index (χ4v) is 2.56. The van der Waals surface area contributed by atoms with Gasteiger partial charge in [0.15, 0.2) is 0 Å². The summed E-state index contributed by atoms with van der Waals surface area (Å²) in [4.78, 5) is 0. The lowest BCUT2D eigenvalue weighted by molar-refractivity contribution is 0.273. The highest BCUT2D eigenvalue weighted by atomic mass is 15.5. The number of hydrogen-bond acceptors (Lipinski definition) is 2. The molecular weight excluding hydrogens is 232 g/mol. The van der Waals surface area contributed by atoms with E-state index >= 15 is 0 Å². The Hall–Kier alpha value is -1.80. The monoisotopic (exact) mass is 252 g/mol. The van der Waals surface area contributed by atoms with Crippen LogP contribution in [0.25, 0.3) is 11.1 Å². The van der Waals surface area contributed by atoms with Crippen LogP contribution in [0, 0.1) is 0 Å². The number of nitrogens with zero attached hydrogens (tertiary/aromatic N) is 1. The summed E-state index contributed by atoms with van der Waals surface area (Å²) >= 11 is 0. The van der Waals surface area contributed by atoms with Crippen molar-refractivity contribution in [2.45, 2.75) is 19.3 Å². The summed E-state index contributed by atoms with van der Waals surface area (Å²) in [6.45, 7) is 2.31. The van der Waals surface area contributed by atoms with Crippen LogP contribution in [0.3, 0.4) is 0 Å². The maximum atomic E-state index is 3.49. The van der Waals surface area contributed by atoms with Crippen LogP contribution in [-0.2, 0) is 0 Å². The van der Waals surface area contributed by atoms with Gasteiger partial charge >= 0.3 is 0 Å². The smallest absolute Gasteiger partial charge is 0.0490 e. The van der Waals surface area contributed by atoms with Crippen molar-refractivity contribution in [1.82, 2.24) is 5.01 Å².